The fraction of sp³-hybridized carbons (Fsp3) is 0.150. The van der Waals surface area contributed by atoms with Gasteiger partial charge in [0.15, 0.2) is 0 Å². The lowest BCUT2D eigenvalue weighted by molar-refractivity contribution is 0.414. The van der Waals surface area contributed by atoms with Crippen LogP contribution in [0.5, 0.6) is 5.75 Å². The van der Waals surface area contributed by atoms with Gasteiger partial charge in [0.2, 0.25) is 0 Å². The third-order valence-corrected chi connectivity index (χ3v) is 4.28. The summed E-state index contributed by atoms with van der Waals surface area (Å²) in [6, 6.07) is 19.1. The fourth-order valence-corrected chi connectivity index (χ4v) is 2.92. The summed E-state index contributed by atoms with van der Waals surface area (Å²) in [4.78, 5) is 17.2. The molecule has 0 aliphatic carbocycles. The molecule has 0 saturated carbocycles. The van der Waals surface area contributed by atoms with Gasteiger partial charge in [-0.3, -0.25) is 0 Å². The van der Waals surface area contributed by atoms with Crippen molar-refractivity contribution >= 4 is 17.3 Å². The number of fused-ring (bicyclic) bond motifs is 1. The number of para-hydroxylation sites is 1. The Kier molecular flexibility index (Phi) is 4.33. The first kappa shape index (κ1) is 16.8. The molecule has 0 spiro atoms. The summed E-state index contributed by atoms with van der Waals surface area (Å²) in [5.41, 5.74) is 2.44. The van der Waals surface area contributed by atoms with Gasteiger partial charge < -0.3 is 10.1 Å². The Labute approximate surface area is 155 Å². The van der Waals surface area contributed by atoms with Crippen molar-refractivity contribution in [2.45, 2.75) is 13.5 Å². The van der Waals surface area contributed by atoms with Crippen molar-refractivity contribution in [1.82, 2.24) is 19.2 Å². The number of benzene rings is 2. The van der Waals surface area contributed by atoms with Crippen LogP contribution in [0.4, 0.5) is 11.5 Å². The largest absolute Gasteiger partial charge is 0.497 e. The van der Waals surface area contributed by atoms with E-state index in [1.165, 1.54) is 9.08 Å². The molecule has 7 nitrogen and oxygen atoms in total. The van der Waals surface area contributed by atoms with Gasteiger partial charge in [-0.15, -0.1) is 5.10 Å². The van der Waals surface area contributed by atoms with Crippen LogP contribution in [0.2, 0.25) is 0 Å². The van der Waals surface area contributed by atoms with Crippen LogP contribution in [0.1, 0.15) is 11.3 Å². The molecular formula is C20H19N5O2. The van der Waals surface area contributed by atoms with Gasteiger partial charge in [-0.1, -0.05) is 30.3 Å². The molecule has 0 bridgehead atoms. The van der Waals surface area contributed by atoms with E-state index < -0.39 is 0 Å². The fourth-order valence-electron chi connectivity index (χ4n) is 2.92. The number of aryl methyl sites for hydroxylation is 1. The van der Waals surface area contributed by atoms with E-state index in [1.807, 2.05) is 67.6 Å². The molecule has 4 aromatic rings. The molecule has 1 N–H and O–H groups in total. The van der Waals surface area contributed by atoms with Crippen LogP contribution in [0.15, 0.2) is 65.5 Å². The van der Waals surface area contributed by atoms with Gasteiger partial charge in [-0.25, -0.2) is 13.9 Å². The molecule has 0 aliphatic heterocycles. The van der Waals surface area contributed by atoms with Crippen molar-refractivity contribution in [2.24, 2.45) is 0 Å². The van der Waals surface area contributed by atoms with E-state index in [1.54, 1.807) is 7.11 Å². The van der Waals surface area contributed by atoms with Crippen molar-refractivity contribution < 1.29 is 4.74 Å². The number of ether oxygens (including phenoxy) is 1. The topological polar surface area (TPSA) is 73.4 Å². The Hall–Kier alpha value is -3.61. The number of nitrogens with one attached hydrogen (secondary N) is 1. The Balaban J connectivity index is 1.67. The van der Waals surface area contributed by atoms with E-state index in [0.717, 1.165) is 22.7 Å². The maximum atomic E-state index is 12.7. The highest BCUT2D eigenvalue weighted by molar-refractivity contribution is 5.57. The third kappa shape index (κ3) is 3.39. The predicted octanol–water partition coefficient (Wildman–Crippen LogP) is 3.00. The standard InChI is InChI=1S/C20H19N5O2/c1-14-12-18(21-16-6-4-3-5-7-16)22-19-23-24(20(26)25(14)19)13-15-8-10-17(27-2)11-9-15/h3-12H,13H2,1-2H3,(H,21,22,23). The van der Waals surface area contributed by atoms with Crippen LogP contribution < -0.4 is 15.7 Å². The van der Waals surface area contributed by atoms with Gasteiger partial charge in [0.05, 0.1) is 13.7 Å². The summed E-state index contributed by atoms with van der Waals surface area (Å²) in [7, 11) is 1.62. The van der Waals surface area contributed by atoms with Gasteiger partial charge in [0.1, 0.15) is 11.6 Å². The van der Waals surface area contributed by atoms with Crippen LogP contribution in [-0.2, 0) is 6.54 Å². The lowest BCUT2D eigenvalue weighted by atomic mass is 10.2. The molecule has 0 aliphatic rings. The Morgan fingerprint density at radius 3 is 2.52 bits per heavy atom. The summed E-state index contributed by atoms with van der Waals surface area (Å²) >= 11 is 0. The molecule has 2 aromatic carbocycles. The second-order valence-corrected chi connectivity index (χ2v) is 6.20. The maximum absolute atomic E-state index is 12.7. The normalized spacial score (nSPS) is 10.9. The first-order valence-electron chi connectivity index (χ1n) is 8.56. The minimum atomic E-state index is -0.211. The van der Waals surface area contributed by atoms with E-state index in [4.69, 9.17) is 4.74 Å². The highest BCUT2D eigenvalue weighted by Gasteiger charge is 2.12. The average Bonchev–Trinajstić information content (AvgIpc) is 2.99. The molecule has 7 heteroatoms. The molecular weight excluding hydrogens is 342 g/mol. The van der Waals surface area contributed by atoms with E-state index in [0.29, 0.717) is 18.1 Å². The number of hydrogen-bond acceptors (Lipinski definition) is 5. The van der Waals surface area contributed by atoms with Crippen LogP contribution >= 0.6 is 0 Å². The van der Waals surface area contributed by atoms with E-state index >= 15 is 0 Å². The van der Waals surface area contributed by atoms with Gasteiger partial charge in [0.25, 0.3) is 5.78 Å². The van der Waals surface area contributed by atoms with Crippen molar-refractivity contribution in [2.75, 3.05) is 12.4 Å². The number of aromatic nitrogens is 4. The molecule has 0 radical (unpaired) electrons. The molecule has 0 fully saturated rings. The van der Waals surface area contributed by atoms with E-state index in [-0.39, 0.29) is 5.69 Å². The Bertz CT molecular complexity index is 1130. The summed E-state index contributed by atoms with van der Waals surface area (Å²) in [5.74, 6) is 1.79. The van der Waals surface area contributed by atoms with Crippen LogP contribution in [0.25, 0.3) is 5.78 Å². The van der Waals surface area contributed by atoms with Gasteiger partial charge in [0, 0.05) is 17.4 Å². The number of methoxy groups -OCH3 is 1. The minimum absolute atomic E-state index is 0.211. The summed E-state index contributed by atoms with van der Waals surface area (Å²) in [5, 5.41) is 7.64. The highest BCUT2D eigenvalue weighted by atomic mass is 16.5. The SMILES string of the molecule is COc1ccc(Cn2nc3nc(Nc4ccccc4)cc(C)n3c2=O)cc1. The predicted molar refractivity (Wildman–Crippen MR) is 104 cm³/mol. The lowest BCUT2D eigenvalue weighted by Gasteiger charge is -2.06. The quantitative estimate of drug-likeness (QED) is 0.592. The zero-order valence-electron chi connectivity index (χ0n) is 15.1. The van der Waals surface area contributed by atoms with Crippen molar-refractivity contribution in [3.8, 4) is 5.75 Å². The lowest BCUT2D eigenvalue weighted by Crippen LogP contribution is -2.22. The van der Waals surface area contributed by atoms with Crippen LogP contribution in [0, 0.1) is 6.92 Å². The van der Waals surface area contributed by atoms with E-state index in [9.17, 15) is 4.79 Å². The number of nitrogens with zero attached hydrogens (tertiary/aromatic N) is 4. The first-order chi connectivity index (χ1) is 13.1. The summed E-state index contributed by atoms with van der Waals surface area (Å²) < 4.78 is 8.10. The minimum Gasteiger partial charge on any atom is -0.497 e. The van der Waals surface area contributed by atoms with Gasteiger partial charge in [-0.2, -0.15) is 4.98 Å². The monoisotopic (exact) mass is 361 g/mol. The molecule has 2 heterocycles. The molecule has 0 saturated heterocycles. The molecule has 27 heavy (non-hydrogen) atoms. The second kappa shape index (κ2) is 6.95. The summed E-state index contributed by atoms with van der Waals surface area (Å²) in [6.07, 6.45) is 0. The zero-order valence-corrected chi connectivity index (χ0v) is 15.1. The second-order valence-electron chi connectivity index (χ2n) is 6.20. The highest BCUT2D eigenvalue weighted by Crippen LogP contribution is 2.16. The number of rotatable bonds is 5. The maximum Gasteiger partial charge on any atom is 0.352 e. The molecule has 0 atom stereocenters. The molecule has 0 amide bonds. The number of anilines is 2. The van der Waals surface area contributed by atoms with Crippen molar-refractivity contribution in [1.29, 1.82) is 0 Å². The Morgan fingerprint density at radius 2 is 1.81 bits per heavy atom. The van der Waals surface area contributed by atoms with Crippen molar-refractivity contribution in [3.05, 3.63) is 82.4 Å². The molecule has 0 unspecified atom stereocenters. The smallest absolute Gasteiger partial charge is 0.352 e. The molecule has 4 rings (SSSR count). The third-order valence-electron chi connectivity index (χ3n) is 4.28. The summed E-state index contributed by atoms with van der Waals surface area (Å²) in [6.45, 7) is 2.23. The van der Waals surface area contributed by atoms with Crippen molar-refractivity contribution in [3.63, 3.8) is 0 Å². The number of hydrogen-bond donors (Lipinski definition) is 1. The first-order valence-corrected chi connectivity index (χ1v) is 8.56. The van der Waals surface area contributed by atoms with Crippen LogP contribution in [-0.4, -0.2) is 26.3 Å². The molecule has 2 aromatic heterocycles. The average molecular weight is 361 g/mol. The van der Waals surface area contributed by atoms with Gasteiger partial charge in [-0.05, 0) is 36.8 Å². The Morgan fingerprint density at radius 1 is 1.07 bits per heavy atom. The zero-order chi connectivity index (χ0) is 18.8. The molecule has 136 valence electrons. The van der Waals surface area contributed by atoms with Gasteiger partial charge >= 0.3 is 5.69 Å². The van der Waals surface area contributed by atoms with Crippen LogP contribution in [0.3, 0.4) is 0 Å². The van der Waals surface area contributed by atoms with E-state index in [2.05, 4.69) is 15.4 Å².